The van der Waals surface area contributed by atoms with E-state index in [0.29, 0.717) is 23.1 Å². The van der Waals surface area contributed by atoms with Crippen LogP contribution in [0.3, 0.4) is 0 Å². The summed E-state index contributed by atoms with van der Waals surface area (Å²) in [6.45, 7) is 0.418. The SMILES string of the molecule is O=C(Nc1ccc(F)cc1)c1nnn(Cc2ccc(Cl)cc2)c1-n1cccc1. The maximum Gasteiger partial charge on any atom is 0.280 e. The average molecular weight is 396 g/mol. The minimum Gasteiger partial charge on any atom is -0.320 e. The molecule has 2 heterocycles. The lowest BCUT2D eigenvalue weighted by atomic mass is 10.2. The smallest absolute Gasteiger partial charge is 0.280 e. The number of benzene rings is 2. The van der Waals surface area contributed by atoms with Crippen LogP contribution in [0, 0.1) is 5.82 Å². The van der Waals surface area contributed by atoms with Gasteiger partial charge in [0.1, 0.15) is 5.82 Å². The molecule has 0 spiro atoms. The number of carbonyl (C=O) groups is 1. The van der Waals surface area contributed by atoms with Crippen molar-refractivity contribution in [2.24, 2.45) is 0 Å². The normalized spacial score (nSPS) is 10.8. The van der Waals surface area contributed by atoms with Crippen LogP contribution in [0.5, 0.6) is 0 Å². The van der Waals surface area contributed by atoms with E-state index in [1.807, 2.05) is 36.7 Å². The molecule has 0 aliphatic carbocycles. The number of nitrogens with one attached hydrogen (secondary N) is 1. The molecule has 6 nitrogen and oxygen atoms in total. The third kappa shape index (κ3) is 3.79. The molecule has 0 saturated carbocycles. The van der Waals surface area contributed by atoms with Gasteiger partial charge in [-0.2, -0.15) is 0 Å². The van der Waals surface area contributed by atoms with E-state index in [1.165, 1.54) is 24.3 Å². The van der Waals surface area contributed by atoms with Crippen molar-refractivity contribution in [2.75, 3.05) is 5.32 Å². The predicted molar refractivity (Wildman–Crippen MR) is 104 cm³/mol. The molecule has 4 rings (SSSR count). The Morgan fingerprint density at radius 2 is 1.71 bits per heavy atom. The van der Waals surface area contributed by atoms with E-state index in [-0.39, 0.29) is 11.5 Å². The molecule has 2 aromatic heterocycles. The standard InChI is InChI=1S/C20H15ClFN5O/c21-15-5-3-14(4-6-15)13-27-20(26-11-1-2-12-26)18(24-25-27)19(28)23-17-9-7-16(22)8-10-17/h1-12H,13H2,(H,23,28). The Morgan fingerprint density at radius 3 is 2.39 bits per heavy atom. The summed E-state index contributed by atoms with van der Waals surface area (Å²) in [6.07, 6.45) is 3.62. The van der Waals surface area contributed by atoms with Crippen LogP contribution in [-0.2, 0) is 6.54 Å². The van der Waals surface area contributed by atoms with Gasteiger partial charge in [0.25, 0.3) is 5.91 Å². The Kier molecular flexibility index (Phi) is 4.90. The van der Waals surface area contributed by atoms with Crippen LogP contribution in [-0.4, -0.2) is 25.5 Å². The van der Waals surface area contributed by atoms with Gasteiger partial charge in [0.2, 0.25) is 0 Å². The molecule has 0 unspecified atom stereocenters. The number of aromatic nitrogens is 4. The van der Waals surface area contributed by atoms with E-state index in [1.54, 1.807) is 21.4 Å². The van der Waals surface area contributed by atoms with Crippen LogP contribution >= 0.6 is 11.6 Å². The number of anilines is 1. The first-order valence-corrected chi connectivity index (χ1v) is 8.86. The van der Waals surface area contributed by atoms with Gasteiger partial charge in [-0.05, 0) is 54.1 Å². The number of halogens is 2. The lowest BCUT2D eigenvalue weighted by Gasteiger charge is -2.10. The molecule has 140 valence electrons. The van der Waals surface area contributed by atoms with Gasteiger partial charge >= 0.3 is 0 Å². The van der Waals surface area contributed by atoms with Crippen LogP contribution in [0.25, 0.3) is 5.82 Å². The lowest BCUT2D eigenvalue weighted by molar-refractivity contribution is 0.102. The zero-order valence-corrected chi connectivity index (χ0v) is 15.3. The molecule has 0 fully saturated rings. The van der Waals surface area contributed by atoms with E-state index in [9.17, 15) is 9.18 Å². The van der Waals surface area contributed by atoms with Gasteiger partial charge in [-0.1, -0.05) is 28.9 Å². The number of rotatable bonds is 5. The topological polar surface area (TPSA) is 64.7 Å². The molecule has 4 aromatic rings. The summed E-state index contributed by atoms with van der Waals surface area (Å²) in [4.78, 5) is 12.8. The maximum atomic E-state index is 13.1. The van der Waals surface area contributed by atoms with E-state index < -0.39 is 5.91 Å². The fourth-order valence-electron chi connectivity index (χ4n) is 2.78. The first-order valence-electron chi connectivity index (χ1n) is 8.48. The summed E-state index contributed by atoms with van der Waals surface area (Å²) in [5.41, 5.74) is 1.60. The second kappa shape index (κ2) is 7.66. The number of amides is 1. The maximum absolute atomic E-state index is 13.1. The van der Waals surface area contributed by atoms with Crippen molar-refractivity contribution in [3.8, 4) is 5.82 Å². The van der Waals surface area contributed by atoms with Crippen molar-refractivity contribution in [3.63, 3.8) is 0 Å². The van der Waals surface area contributed by atoms with Crippen molar-refractivity contribution < 1.29 is 9.18 Å². The first-order chi connectivity index (χ1) is 13.6. The van der Waals surface area contributed by atoms with Crippen molar-refractivity contribution in [1.82, 2.24) is 19.6 Å². The van der Waals surface area contributed by atoms with Crippen molar-refractivity contribution >= 4 is 23.2 Å². The molecule has 2 aromatic carbocycles. The minimum absolute atomic E-state index is 0.162. The second-order valence-corrected chi connectivity index (χ2v) is 6.53. The monoisotopic (exact) mass is 395 g/mol. The Hall–Kier alpha value is -3.45. The van der Waals surface area contributed by atoms with Gasteiger partial charge in [-0.25, -0.2) is 9.07 Å². The van der Waals surface area contributed by atoms with Crippen molar-refractivity contribution in [3.05, 3.63) is 95.2 Å². The number of nitrogens with zero attached hydrogens (tertiary/aromatic N) is 4. The summed E-state index contributed by atoms with van der Waals surface area (Å²) in [6, 6.07) is 16.6. The van der Waals surface area contributed by atoms with E-state index in [0.717, 1.165) is 5.56 Å². The molecule has 0 atom stereocenters. The van der Waals surface area contributed by atoms with Crippen LogP contribution in [0.4, 0.5) is 10.1 Å². The van der Waals surface area contributed by atoms with E-state index in [2.05, 4.69) is 15.6 Å². The average Bonchev–Trinajstić information content (AvgIpc) is 3.35. The zero-order valence-electron chi connectivity index (χ0n) is 14.6. The largest absolute Gasteiger partial charge is 0.320 e. The summed E-state index contributed by atoms with van der Waals surface area (Å²) in [5.74, 6) is -0.280. The molecule has 28 heavy (non-hydrogen) atoms. The van der Waals surface area contributed by atoms with Crippen LogP contribution in [0.15, 0.2) is 73.1 Å². The molecule has 8 heteroatoms. The number of carbonyl (C=O) groups excluding carboxylic acids is 1. The van der Waals surface area contributed by atoms with E-state index >= 15 is 0 Å². The second-order valence-electron chi connectivity index (χ2n) is 6.10. The number of hydrogen-bond acceptors (Lipinski definition) is 3. The summed E-state index contributed by atoms with van der Waals surface area (Å²) < 4.78 is 16.5. The molecule has 1 N–H and O–H groups in total. The molecule has 0 aliphatic heterocycles. The highest BCUT2D eigenvalue weighted by Crippen LogP contribution is 2.18. The highest BCUT2D eigenvalue weighted by molar-refractivity contribution is 6.30. The predicted octanol–water partition coefficient (Wildman–Crippen LogP) is 4.16. The Morgan fingerprint density at radius 1 is 1.04 bits per heavy atom. The summed E-state index contributed by atoms with van der Waals surface area (Å²) in [7, 11) is 0. The van der Waals surface area contributed by atoms with Gasteiger partial charge in [-0.15, -0.1) is 5.10 Å². The Balaban J connectivity index is 1.67. The zero-order chi connectivity index (χ0) is 19.5. The highest BCUT2D eigenvalue weighted by atomic mass is 35.5. The van der Waals surface area contributed by atoms with Gasteiger partial charge in [0.05, 0.1) is 6.54 Å². The van der Waals surface area contributed by atoms with Crippen LogP contribution < -0.4 is 5.32 Å². The first kappa shape index (κ1) is 17.9. The Bertz CT molecular complexity index is 1090. The molecule has 0 radical (unpaired) electrons. The van der Waals surface area contributed by atoms with Crippen molar-refractivity contribution in [2.45, 2.75) is 6.54 Å². The molecular weight excluding hydrogens is 381 g/mol. The highest BCUT2D eigenvalue weighted by Gasteiger charge is 2.21. The van der Waals surface area contributed by atoms with Crippen LogP contribution in [0.1, 0.15) is 16.1 Å². The molecular formula is C20H15ClFN5O. The summed E-state index contributed by atoms with van der Waals surface area (Å²) >= 11 is 5.94. The third-order valence-electron chi connectivity index (χ3n) is 4.12. The molecule has 0 bridgehead atoms. The Labute approximate surface area is 165 Å². The molecule has 1 amide bonds. The minimum atomic E-state index is -0.433. The molecule has 0 aliphatic rings. The lowest BCUT2D eigenvalue weighted by Crippen LogP contribution is -2.16. The van der Waals surface area contributed by atoms with Gasteiger partial charge < -0.3 is 9.88 Å². The van der Waals surface area contributed by atoms with Crippen molar-refractivity contribution in [1.29, 1.82) is 0 Å². The molecule has 0 saturated heterocycles. The summed E-state index contributed by atoms with van der Waals surface area (Å²) in [5, 5.41) is 11.6. The fraction of sp³-hybridized carbons (Fsp3) is 0.0500. The van der Waals surface area contributed by atoms with Gasteiger partial charge in [0.15, 0.2) is 11.5 Å². The van der Waals surface area contributed by atoms with Gasteiger partial charge in [0, 0.05) is 23.1 Å². The number of hydrogen-bond donors (Lipinski definition) is 1. The third-order valence-corrected chi connectivity index (χ3v) is 4.37. The fourth-order valence-corrected chi connectivity index (χ4v) is 2.91. The van der Waals surface area contributed by atoms with Gasteiger partial charge in [-0.3, -0.25) is 4.79 Å². The quantitative estimate of drug-likeness (QED) is 0.551. The van der Waals surface area contributed by atoms with Crippen LogP contribution in [0.2, 0.25) is 5.02 Å². The van der Waals surface area contributed by atoms with E-state index in [4.69, 9.17) is 11.6 Å².